The predicted octanol–water partition coefficient (Wildman–Crippen LogP) is 3.13. The summed E-state index contributed by atoms with van der Waals surface area (Å²) in [5.74, 6) is -1.01. The highest BCUT2D eigenvalue weighted by molar-refractivity contribution is 6.30. The van der Waals surface area contributed by atoms with Gasteiger partial charge in [-0.15, -0.1) is 13.2 Å². The minimum atomic E-state index is -1.36. The number of Topliss-reactive ketones (excluding diaryl/α,β-unsaturated/α-hetero) is 1. The van der Waals surface area contributed by atoms with E-state index in [0.717, 1.165) is 4.57 Å². The van der Waals surface area contributed by atoms with E-state index < -0.39 is 23.3 Å². The van der Waals surface area contributed by atoms with Gasteiger partial charge < -0.3 is 4.90 Å². The van der Waals surface area contributed by atoms with Gasteiger partial charge in [-0.05, 0) is 6.07 Å². The quantitative estimate of drug-likeness (QED) is 0.407. The molecule has 0 fully saturated rings. The maximum atomic E-state index is 13.1. The molecule has 1 aromatic heterocycles. The van der Waals surface area contributed by atoms with Crippen LogP contribution in [0.25, 0.3) is 0 Å². The van der Waals surface area contributed by atoms with Crippen LogP contribution in [-0.2, 0) is 4.79 Å². The Kier molecular flexibility index (Phi) is 6.69. The normalized spacial score (nSPS) is 11.4. The first-order valence-corrected chi connectivity index (χ1v) is 8.35. The Balaban J connectivity index is 2.57. The predicted molar refractivity (Wildman–Crippen MR) is 102 cm³/mol. The van der Waals surface area contributed by atoms with Gasteiger partial charge in [-0.3, -0.25) is 19.0 Å². The van der Waals surface area contributed by atoms with E-state index in [0.29, 0.717) is 5.56 Å². The van der Waals surface area contributed by atoms with Crippen molar-refractivity contribution < 1.29 is 9.59 Å². The van der Waals surface area contributed by atoms with Crippen molar-refractivity contribution >= 4 is 23.3 Å². The Morgan fingerprint density at radius 3 is 2.27 bits per heavy atom. The van der Waals surface area contributed by atoms with Gasteiger partial charge in [0.15, 0.2) is 11.8 Å². The van der Waals surface area contributed by atoms with Crippen LogP contribution in [-0.4, -0.2) is 34.2 Å². The zero-order chi connectivity index (χ0) is 19.1. The highest BCUT2D eigenvalue weighted by atomic mass is 35.5. The van der Waals surface area contributed by atoms with Crippen molar-refractivity contribution in [2.45, 2.75) is 6.04 Å². The lowest BCUT2D eigenvalue weighted by Crippen LogP contribution is -2.44. The molecule has 1 amide bonds. The second-order valence-corrected chi connectivity index (χ2v) is 5.98. The summed E-state index contributed by atoms with van der Waals surface area (Å²) >= 11 is 5.99. The molecule has 0 N–H and O–H groups in total. The molecule has 1 aromatic carbocycles. The van der Waals surface area contributed by atoms with E-state index in [-0.39, 0.29) is 18.1 Å². The second-order valence-electron chi connectivity index (χ2n) is 5.55. The fourth-order valence-electron chi connectivity index (χ4n) is 2.54. The standard InChI is InChI=1S/C20H19ClN2O3/c1-3-12-22(13-4-2)20(26)18(19(25)15-8-6-5-7-9-15)23-14-16(21)10-11-17(23)24/h3-11,14,18H,1-2,12-13H2. The molecule has 5 nitrogen and oxygen atoms in total. The van der Waals surface area contributed by atoms with E-state index >= 15 is 0 Å². The van der Waals surface area contributed by atoms with Gasteiger partial charge in [0.05, 0.1) is 5.02 Å². The van der Waals surface area contributed by atoms with E-state index in [4.69, 9.17) is 11.6 Å². The second kappa shape index (κ2) is 8.97. The first-order valence-electron chi connectivity index (χ1n) is 7.97. The van der Waals surface area contributed by atoms with Crippen LogP contribution in [0, 0.1) is 0 Å². The van der Waals surface area contributed by atoms with Gasteiger partial charge in [0, 0.05) is 30.9 Å². The molecule has 0 aliphatic heterocycles. The number of hydrogen-bond acceptors (Lipinski definition) is 3. The minimum absolute atomic E-state index is 0.221. The van der Waals surface area contributed by atoms with Crippen molar-refractivity contribution in [3.05, 3.63) is 94.9 Å². The Bertz CT molecular complexity index is 864. The van der Waals surface area contributed by atoms with E-state index in [1.54, 1.807) is 42.5 Å². The molecule has 0 bridgehead atoms. The van der Waals surface area contributed by atoms with Crippen molar-refractivity contribution in [1.82, 2.24) is 9.47 Å². The maximum Gasteiger partial charge on any atom is 0.254 e. The summed E-state index contributed by atoms with van der Waals surface area (Å²) in [5.41, 5.74) is -0.163. The van der Waals surface area contributed by atoms with Gasteiger partial charge in [0.2, 0.25) is 0 Å². The summed E-state index contributed by atoms with van der Waals surface area (Å²) in [6.07, 6.45) is 4.39. The van der Waals surface area contributed by atoms with Gasteiger partial charge >= 0.3 is 0 Å². The monoisotopic (exact) mass is 370 g/mol. The molecule has 2 rings (SSSR count). The van der Waals surface area contributed by atoms with Crippen molar-refractivity contribution in [3.63, 3.8) is 0 Å². The van der Waals surface area contributed by atoms with Crippen LogP contribution in [0.15, 0.2) is 78.8 Å². The molecule has 1 atom stereocenters. The van der Waals surface area contributed by atoms with Crippen LogP contribution in [0.4, 0.5) is 0 Å². The van der Waals surface area contributed by atoms with E-state index in [2.05, 4.69) is 13.2 Å². The first-order chi connectivity index (χ1) is 12.5. The molecule has 2 aromatic rings. The first kappa shape index (κ1) is 19.4. The third kappa shape index (κ3) is 4.37. The zero-order valence-electron chi connectivity index (χ0n) is 14.2. The van der Waals surface area contributed by atoms with E-state index in [9.17, 15) is 14.4 Å². The molecule has 1 unspecified atom stereocenters. The van der Waals surface area contributed by atoms with E-state index in [1.807, 2.05) is 0 Å². The molecule has 134 valence electrons. The van der Waals surface area contributed by atoms with Gasteiger partial charge in [-0.25, -0.2) is 0 Å². The smallest absolute Gasteiger partial charge is 0.254 e. The Hall–Kier alpha value is -2.92. The summed E-state index contributed by atoms with van der Waals surface area (Å²) in [5, 5.41) is 0.252. The molecule has 0 aliphatic carbocycles. The molecule has 0 aliphatic rings. The van der Waals surface area contributed by atoms with Crippen LogP contribution in [0.2, 0.25) is 5.02 Å². The molecule has 26 heavy (non-hydrogen) atoms. The molecule has 0 saturated carbocycles. The van der Waals surface area contributed by atoms with Crippen molar-refractivity contribution in [2.24, 2.45) is 0 Å². The molecule has 0 radical (unpaired) electrons. The summed E-state index contributed by atoms with van der Waals surface area (Å²) in [6, 6.07) is 9.64. The molecule has 6 heteroatoms. The number of hydrogen-bond donors (Lipinski definition) is 0. The van der Waals surface area contributed by atoms with Crippen molar-refractivity contribution in [3.8, 4) is 0 Å². The average molecular weight is 371 g/mol. The lowest BCUT2D eigenvalue weighted by molar-refractivity contribution is -0.132. The Labute approximate surface area is 156 Å². The Morgan fingerprint density at radius 1 is 1.08 bits per heavy atom. The number of carbonyl (C=O) groups is 2. The number of ketones is 1. The van der Waals surface area contributed by atoms with Crippen molar-refractivity contribution in [1.29, 1.82) is 0 Å². The molecule has 1 heterocycles. The number of pyridine rings is 1. The highest BCUT2D eigenvalue weighted by Gasteiger charge is 2.33. The number of rotatable bonds is 8. The number of aromatic nitrogens is 1. The summed E-state index contributed by atoms with van der Waals surface area (Å²) in [4.78, 5) is 39.9. The van der Waals surface area contributed by atoms with Crippen LogP contribution < -0.4 is 5.56 Å². The largest absolute Gasteiger partial charge is 0.333 e. The van der Waals surface area contributed by atoms with Gasteiger partial charge in [-0.2, -0.15) is 0 Å². The number of carbonyl (C=O) groups excluding carboxylic acids is 2. The molecular weight excluding hydrogens is 352 g/mol. The summed E-state index contributed by atoms with van der Waals surface area (Å²) in [6.45, 7) is 7.70. The van der Waals surface area contributed by atoms with Crippen LogP contribution in [0.5, 0.6) is 0 Å². The zero-order valence-corrected chi connectivity index (χ0v) is 14.9. The molecule has 0 spiro atoms. The maximum absolute atomic E-state index is 13.1. The topological polar surface area (TPSA) is 59.4 Å². The minimum Gasteiger partial charge on any atom is -0.333 e. The van der Waals surface area contributed by atoms with Crippen LogP contribution >= 0.6 is 11.6 Å². The summed E-state index contributed by atoms with van der Waals surface area (Å²) in [7, 11) is 0. The van der Waals surface area contributed by atoms with Crippen LogP contribution in [0.1, 0.15) is 16.4 Å². The lowest BCUT2D eigenvalue weighted by atomic mass is 10.0. The third-order valence-electron chi connectivity index (χ3n) is 3.73. The van der Waals surface area contributed by atoms with Gasteiger partial charge in [0.25, 0.3) is 11.5 Å². The Morgan fingerprint density at radius 2 is 1.69 bits per heavy atom. The van der Waals surface area contributed by atoms with Gasteiger partial charge in [0.1, 0.15) is 0 Å². The number of halogens is 1. The van der Waals surface area contributed by atoms with Gasteiger partial charge in [-0.1, -0.05) is 54.1 Å². The highest BCUT2D eigenvalue weighted by Crippen LogP contribution is 2.18. The fourth-order valence-corrected chi connectivity index (χ4v) is 2.70. The lowest BCUT2D eigenvalue weighted by Gasteiger charge is -2.26. The van der Waals surface area contributed by atoms with Crippen molar-refractivity contribution in [2.75, 3.05) is 13.1 Å². The molecular formula is C20H19ClN2O3. The number of benzene rings is 1. The summed E-state index contributed by atoms with van der Waals surface area (Å²) < 4.78 is 1.07. The third-order valence-corrected chi connectivity index (χ3v) is 3.95. The van der Waals surface area contributed by atoms with E-state index in [1.165, 1.54) is 23.2 Å². The number of nitrogens with zero attached hydrogens (tertiary/aromatic N) is 2. The van der Waals surface area contributed by atoms with Crippen LogP contribution in [0.3, 0.4) is 0 Å². The average Bonchev–Trinajstić information content (AvgIpc) is 2.65. The molecule has 0 saturated heterocycles. The SMILES string of the molecule is C=CCN(CC=C)C(=O)C(C(=O)c1ccccc1)n1cc(Cl)ccc1=O. The number of amides is 1. The fraction of sp³-hybridized carbons (Fsp3) is 0.150.